The fourth-order valence-corrected chi connectivity index (χ4v) is 8.75. The van der Waals surface area contributed by atoms with Crippen molar-refractivity contribution in [2.45, 2.75) is 139 Å². The summed E-state index contributed by atoms with van der Waals surface area (Å²) in [6.45, 7) is 37.3. The second-order valence-corrected chi connectivity index (χ2v) is 18.2. The molecule has 320 valence electrons. The molecule has 0 amide bonds. The van der Waals surface area contributed by atoms with Crippen LogP contribution in [-0.2, 0) is 26.2 Å². The Balaban J connectivity index is 0.000000166. The minimum Gasteiger partial charge on any atom is -0.354 e. The van der Waals surface area contributed by atoms with Crippen molar-refractivity contribution in [2.75, 3.05) is 52.4 Å². The average Bonchev–Trinajstić information content (AvgIpc) is 4.00. The highest BCUT2D eigenvalue weighted by Crippen LogP contribution is 2.23. The quantitative estimate of drug-likeness (QED) is 0.143. The van der Waals surface area contributed by atoms with Crippen molar-refractivity contribution < 1.29 is 0 Å². The summed E-state index contributed by atoms with van der Waals surface area (Å²) in [7, 11) is 0. The molecule has 4 aromatic rings. The van der Waals surface area contributed by atoms with Gasteiger partial charge in [0.15, 0.2) is 0 Å². The predicted octanol–water partition coefficient (Wildman–Crippen LogP) is 9.51. The van der Waals surface area contributed by atoms with E-state index >= 15 is 0 Å². The lowest BCUT2D eigenvalue weighted by Gasteiger charge is -2.42. The van der Waals surface area contributed by atoms with Crippen LogP contribution in [0.4, 0.5) is 0 Å². The van der Waals surface area contributed by atoms with E-state index in [1.54, 1.807) is 0 Å². The van der Waals surface area contributed by atoms with Crippen LogP contribution in [0.3, 0.4) is 0 Å². The fourth-order valence-electron chi connectivity index (χ4n) is 8.75. The lowest BCUT2D eigenvalue weighted by atomic mass is 9.98. The Kier molecular flexibility index (Phi) is 20.3. The van der Waals surface area contributed by atoms with Gasteiger partial charge < -0.3 is 37.9 Å². The molecule has 4 aromatic heterocycles. The Morgan fingerprint density at radius 2 is 0.544 bits per heavy atom. The first-order valence-electron chi connectivity index (χ1n) is 22.9. The number of aromatic nitrogens is 4. The first kappa shape index (κ1) is 46.6. The highest BCUT2D eigenvalue weighted by molar-refractivity contribution is 4.95. The van der Waals surface area contributed by atoms with Gasteiger partial charge in [-0.05, 0) is 161 Å². The van der Waals surface area contributed by atoms with E-state index in [4.69, 9.17) is 0 Å². The van der Waals surface area contributed by atoms with Crippen LogP contribution in [0, 0.1) is 23.7 Å². The van der Waals surface area contributed by atoms with Crippen molar-refractivity contribution in [3.8, 4) is 0 Å². The molecule has 8 rings (SSSR count). The lowest BCUT2D eigenvalue weighted by molar-refractivity contribution is 0.0576. The number of hydrogen-bond donors (Lipinski definition) is 0. The zero-order chi connectivity index (χ0) is 41.2. The van der Waals surface area contributed by atoms with Crippen LogP contribution >= 0.6 is 0 Å². The van der Waals surface area contributed by atoms with E-state index in [0.717, 1.165) is 29.7 Å². The molecule has 4 aliphatic heterocycles. The van der Waals surface area contributed by atoms with Gasteiger partial charge in [0.2, 0.25) is 0 Å². The van der Waals surface area contributed by atoms with E-state index in [1.165, 1.54) is 97.8 Å². The molecular formula is C49H84N8. The van der Waals surface area contributed by atoms with Gasteiger partial charge in [-0.2, -0.15) is 0 Å². The van der Waals surface area contributed by atoms with Crippen molar-refractivity contribution in [1.29, 1.82) is 0 Å². The first-order chi connectivity index (χ1) is 27.5. The molecular weight excluding hydrogens is 701 g/mol. The lowest BCUT2D eigenvalue weighted by Crippen LogP contribution is -2.51. The van der Waals surface area contributed by atoms with Crippen LogP contribution < -0.4 is 0 Å². The smallest absolute Gasteiger partial charge is 0.0272 e. The Hall–Kier alpha value is -3.04. The Morgan fingerprint density at radius 1 is 0.333 bits per heavy atom. The van der Waals surface area contributed by atoms with Gasteiger partial charge >= 0.3 is 0 Å². The highest BCUT2D eigenvalue weighted by atomic mass is 15.2. The van der Waals surface area contributed by atoms with Crippen molar-refractivity contribution in [3.63, 3.8) is 0 Å². The maximum absolute atomic E-state index is 2.58. The van der Waals surface area contributed by atoms with Gasteiger partial charge in [-0.1, -0.05) is 13.8 Å². The molecule has 0 aliphatic carbocycles. The van der Waals surface area contributed by atoms with Crippen LogP contribution in [0.15, 0.2) is 98.1 Å². The molecule has 0 N–H and O–H groups in total. The summed E-state index contributed by atoms with van der Waals surface area (Å²) in [4.78, 5) is 10.3. The van der Waals surface area contributed by atoms with Crippen molar-refractivity contribution >= 4 is 0 Å². The molecule has 4 aliphatic rings. The molecule has 4 fully saturated rings. The van der Waals surface area contributed by atoms with Crippen LogP contribution in [0.25, 0.3) is 0 Å². The van der Waals surface area contributed by atoms with Crippen molar-refractivity contribution in [3.05, 3.63) is 98.1 Å². The second kappa shape index (κ2) is 24.8. The molecule has 0 bridgehead atoms. The SMILES string of the molecule is CC.CC(C)N1CC(Cn2cccc2)C1.CC(C)N1CC[C@@H](Cn2cccc2)C1.CC(C)N1CC[C@@H](Cn2cccc2)C1.CC(C)N1CC[C@H](Cn2cccc2)C1. The summed E-state index contributed by atoms with van der Waals surface area (Å²) in [6, 6.07) is 19.7. The standard InChI is InChI=1S/3C12H20N2.C11H18N2.C2H6/c3*1-11(2)14-8-5-12(10-14)9-13-6-3-4-7-13;1-10(2)13-8-11(9-13)7-12-5-3-4-6-12;1-2/h3*3-4,6-7,11-12H,5,8-10H2,1-2H3;3-6,10-11H,7-9H2,1-2H3;1-2H3/t3*12-;;/m100../s1. The van der Waals surface area contributed by atoms with Crippen LogP contribution in [0.2, 0.25) is 0 Å². The molecule has 4 saturated heterocycles. The summed E-state index contributed by atoms with van der Waals surface area (Å²) in [5.41, 5.74) is 0. The van der Waals surface area contributed by atoms with Gasteiger partial charge in [-0.3, -0.25) is 0 Å². The van der Waals surface area contributed by atoms with E-state index in [0.29, 0.717) is 18.1 Å². The Bertz CT molecular complexity index is 1360. The Morgan fingerprint density at radius 3 is 0.754 bits per heavy atom. The van der Waals surface area contributed by atoms with Gasteiger partial charge in [-0.15, -0.1) is 0 Å². The monoisotopic (exact) mass is 785 g/mol. The zero-order valence-electron chi connectivity index (χ0n) is 38.0. The predicted molar refractivity (Wildman–Crippen MR) is 244 cm³/mol. The van der Waals surface area contributed by atoms with Crippen LogP contribution in [-0.4, -0.2) is 114 Å². The zero-order valence-corrected chi connectivity index (χ0v) is 38.0. The number of likely N-dealkylation sites (tertiary alicyclic amines) is 4. The summed E-state index contributed by atoms with van der Waals surface area (Å²) < 4.78 is 9.18. The van der Waals surface area contributed by atoms with Gasteiger partial charge in [0.05, 0.1) is 0 Å². The highest BCUT2D eigenvalue weighted by Gasteiger charge is 2.28. The Labute approximate surface area is 349 Å². The number of nitrogens with zero attached hydrogens (tertiary/aromatic N) is 8. The third kappa shape index (κ3) is 16.3. The minimum atomic E-state index is 0.713. The fraction of sp³-hybridized carbons (Fsp3) is 0.673. The largest absolute Gasteiger partial charge is 0.354 e. The normalized spacial score (nSPS) is 21.8. The van der Waals surface area contributed by atoms with E-state index in [2.05, 4.69) is 191 Å². The molecule has 0 saturated carbocycles. The van der Waals surface area contributed by atoms with Crippen LogP contribution in [0.5, 0.6) is 0 Å². The summed E-state index contributed by atoms with van der Waals surface area (Å²) in [5, 5.41) is 0. The molecule has 8 nitrogen and oxygen atoms in total. The second-order valence-electron chi connectivity index (χ2n) is 18.2. The number of rotatable bonds is 12. The van der Waals surface area contributed by atoms with E-state index < -0.39 is 0 Å². The molecule has 0 radical (unpaired) electrons. The van der Waals surface area contributed by atoms with E-state index in [-0.39, 0.29) is 0 Å². The maximum atomic E-state index is 2.58. The molecule has 3 atom stereocenters. The molecule has 8 heteroatoms. The molecule has 57 heavy (non-hydrogen) atoms. The summed E-state index contributed by atoms with van der Waals surface area (Å²) in [6.07, 6.45) is 21.4. The average molecular weight is 785 g/mol. The van der Waals surface area contributed by atoms with Gasteiger partial charge in [0, 0.05) is 139 Å². The molecule has 8 heterocycles. The topological polar surface area (TPSA) is 32.7 Å². The van der Waals surface area contributed by atoms with Crippen molar-refractivity contribution in [2.24, 2.45) is 23.7 Å². The van der Waals surface area contributed by atoms with Gasteiger partial charge in [-0.25, -0.2) is 0 Å². The molecule has 0 unspecified atom stereocenters. The summed E-state index contributed by atoms with van der Waals surface area (Å²) >= 11 is 0. The summed E-state index contributed by atoms with van der Waals surface area (Å²) in [5.74, 6) is 3.43. The van der Waals surface area contributed by atoms with Crippen molar-refractivity contribution in [1.82, 2.24) is 37.9 Å². The van der Waals surface area contributed by atoms with Gasteiger partial charge in [0.25, 0.3) is 0 Å². The maximum Gasteiger partial charge on any atom is 0.0272 e. The third-order valence-corrected chi connectivity index (χ3v) is 12.4. The van der Waals surface area contributed by atoms with E-state index in [9.17, 15) is 0 Å². The van der Waals surface area contributed by atoms with E-state index in [1.807, 2.05) is 13.8 Å². The first-order valence-corrected chi connectivity index (χ1v) is 22.9. The molecule has 0 spiro atoms. The minimum absolute atomic E-state index is 0.713. The third-order valence-electron chi connectivity index (χ3n) is 12.4. The number of hydrogen-bond acceptors (Lipinski definition) is 4. The van der Waals surface area contributed by atoms with Crippen LogP contribution in [0.1, 0.15) is 88.5 Å². The molecule has 0 aromatic carbocycles. The van der Waals surface area contributed by atoms with Gasteiger partial charge in [0.1, 0.15) is 0 Å².